The predicted molar refractivity (Wildman–Crippen MR) is 116 cm³/mol. The van der Waals surface area contributed by atoms with Crippen molar-refractivity contribution in [3.63, 3.8) is 0 Å². The Bertz CT molecular complexity index is 1090. The fourth-order valence-corrected chi connectivity index (χ4v) is 5.51. The molecule has 2 aromatic rings. The van der Waals surface area contributed by atoms with Crippen LogP contribution in [0.4, 0.5) is 11.4 Å². The largest absolute Gasteiger partial charge is 0.450 e. The van der Waals surface area contributed by atoms with Crippen LogP contribution in [-0.4, -0.2) is 36.6 Å². The number of ether oxygens (including phenoxy) is 1. The lowest BCUT2D eigenvalue weighted by atomic mass is 9.94. The average molecular weight is 448 g/mol. The maximum atomic E-state index is 13.1. The minimum absolute atomic E-state index is 0.0932. The number of nitro groups is 1. The molecule has 1 saturated heterocycles. The van der Waals surface area contributed by atoms with Gasteiger partial charge >= 0.3 is 5.69 Å². The van der Waals surface area contributed by atoms with Gasteiger partial charge in [-0.15, -0.1) is 0 Å². The second-order valence-corrected chi connectivity index (χ2v) is 9.90. The fraction of sp³-hybridized carbons (Fsp3) is 0.381. The first kappa shape index (κ1) is 22.7. The number of amides is 1. The molecular weight excluding hydrogens is 422 g/mol. The Balaban J connectivity index is 1.91. The predicted octanol–water partition coefficient (Wildman–Crippen LogP) is 4.01. The Labute approximate surface area is 181 Å². The van der Waals surface area contributed by atoms with Crippen molar-refractivity contribution in [2.75, 3.05) is 18.4 Å². The molecule has 9 nitrogen and oxygen atoms in total. The molecule has 0 bridgehead atoms. The molecule has 1 heterocycles. The van der Waals surface area contributed by atoms with E-state index in [-0.39, 0.29) is 34.1 Å². The third-order valence-electron chi connectivity index (χ3n) is 4.98. The van der Waals surface area contributed by atoms with E-state index in [9.17, 15) is 23.3 Å². The number of hydrogen-bond acceptors (Lipinski definition) is 6. The Hall–Kier alpha value is -2.98. The molecule has 2 unspecified atom stereocenters. The maximum absolute atomic E-state index is 13.1. The summed E-state index contributed by atoms with van der Waals surface area (Å²) in [5.41, 5.74) is 0.0179. The summed E-state index contributed by atoms with van der Waals surface area (Å²) in [4.78, 5) is 22.1. The summed E-state index contributed by atoms with van der Waals surface area (Å²) in [6.45, 7) is 6.12. The van der Waals surface area contributed by atoms with Crippen molar-refractivity contribution in [3.05, 3.63) is 52.6 Å². The monoisotopic (exact) mass is 447 g/mol. The normalized spacial score (nSPS) is 19.6. The number of benzene rings is 2. The molecule has 2 aromatic carbocycles. The zero-order valence-corrected chi connectivity index (χ0v) is 18.4. The minimum Gasteiger partial charge on any atom is -0.450 e. The lowest BCUT2D eigenvalue weighted by Crippen LogP contribution is -2.42. The number of rotatable bonds is 6. The van der Waals surface area contributed by atoms with Crippen LogP contribution in [0.5, 0.6) is 11.5 Å². The van der Waals surface area contributed by atoms with E-state index < -0.39 is 20.6 Å². The third kappa shape index (κ3) is 5.39. The topological polar surface area (TPSA) is 119 Å². The first-order valence-electron chi connectivity index (χ1n) is 9.90. The van der Waals surface area contributed by atoms with Crippen LogP contribution in [0.3, 0.4) is 0 Å². The van der Waals surface area contributed by atoms with Gasteiger partial charge in [0.1, 0.15) is 5.75 Å². The van der Waals surface area contributed by atoms with Crippen molar-refractivity contribution in [2.45, 2.75) is 32.1 Å². The molecule has 1 N–H and O–H groups in total. The molecule has 166 valence electrons. The molecular formula is C21H25N3O6S. The number of piperidine rings is 1. The first-order chi connectivity index (χ1) is 14.6. The van der Waals surface area contributed by atoms with Crippen LogP contribution in [0.15, 0.2) is 47.4 Å². The fourth-order valence-electron chi connectivity index (χ4n) is 3.81. The molecule has 0 aliphatic carbocycles. The smallest absolute Gasteiger partial charge is 0.312 e. The zero-order chi connectivity index (χ0) is 22.8. The van der Waals surface area contributed by atoms with Gasteiger partial charge < -0.3 is 10.1 Å². The molecule has 0 saturated carbocycles. The van der Waals surface area contributed by atoms with Gasteiger partial charge in [-0.1, -0.05) is 19.9 Å². The minimum atomic E-state index is -3.87. The summed E-state index contributed by atoms with van der Waals surface area (Å²) >= 11 is 0. The second-order valence-electron chi connectivity index (χ2n) is 7.97. The molecule has 3 rings (SSSR count). The quantitative estimate of drug-likeness (QED) is 0.528. The van der Waals surface area contributed by atoms with Crippen molar-refractivity contribution >= 4 is 27.3 Å². The van der Waals surface area contributed by atoms with Crippen LogP contribution in [0.2, 0.25) is 0 Å². The van der Waals surface area contributed by atoms with Crippen molar-refractivity contribution < 1.29 is 22.9 Å². The van der Waals surface area contributed by atoms with E-state index in [2.05, 4.69) is 5.32 Å². The molecule has 1 aliphatic heterocycles. The number of carbonyl (C=O) groups excluding carboxylic acids is 1. The van der Waals surface area contributed by atoms with E-state index in [4.69, 9.17) is 4.74 Å². The van der Waals surface area contributed by atoms with Crippen LogP contribution in [-0.2, 0) is 14.8 Å². The van der Waals surface area contributed by atoms with E-state index in [0.29, 0.717) is 18.8 Å². The Morgan fingerprint density at radius 1 is 1.16 bits per heavy atom. The molecule has 0 radical (unpaired) electrons. The van der Waals surface area contributed by atoms with Gasteiger partial charge in [0.25, 0.3) is 0 Å². The number of hydrogen-bond donors (Lipinski definition) is 1. The number of sulfonamides is 1. The Kier molecular flexibility index (Phi) is 6.61. The van der Waals surface area contributed by atoms with Gasteiger partial charge in [0, 0.05) is 37.8 Å². The van der Waals surface area contributed by atoms with E-state index in [1.807, 2.05) is 13.8 Å². The van der Waals surface area contributed by atoms with Crippen LogP contribution >= 0.6 is 0 Å². The standard InChI is InChI=1S/C21H25N3O6S/c1-14-9-15(2)13-23(12-14)31(28,29)19-7-8-21(20(11-19)24(26)27)30-18-6-4-5-17(10-18)22-16(3)25/h4-8,10-11,14-15H,9,12-13H2,1-3H3,(H,22,25). The molecule has 1 aliphatic rings. The average Bonchev–Trinajstić information content (AvgIpc) is 2.67. The highest BCUT2D eigenvalue weighted by Gasteiger charge is 2.33. The summed E-state index contributed by atoms with van der Waals surface area (Å²) in [7, 11) is -3.87. The lowest BCUT2D eigenvalue weighted by molar-refractivity contribution is -0.385. The van der Waals surface area contributed by atoms with Gasteiger partial charge in [-0.05, 0) is 42.5 Å². The summed E-state index contributed by atoms with van der Waals surface area (Å²) in [6.07, 6.45) is 0.941. The summed E-state index contributed by atoms with van der Waals surface area (Å²) in [6, 6.07) is 10.0. The maximum Gasteiger partial charge on any atom is 0.312 e. The number of nitro benzene ring substituents is 1. The van der Waals surface area contributed by atoms with E-state index in [0.717, 1.165) is 12.5 Å². The van der Waals surface area contributed by atoms with Gasteiger partial charge in [-0.2, -0.15) is 4.31 Å². The van der Waals surface area contributed by atoms with Crippen LogP contribution in [0, 0.1) is 22.0 Å². The summed E-state index contributed by atoms with van der Waals surface area (Å²) in [5.74, 6) is 0.339. The highest BCUT2D eigenvalue weighted by atomic mass is 32.2. The van der Waals surface area contributed by atoms with Gasteiger partial charge in [0.2, 0.25) is 21.7 Å². The molecule has 1 amide bonds. The molecule has 0 aromatic heterocycles. The summed E-state index contributed by atoms with van der Waals surface area (Å²) in [5, 5.41) is 14.2. The molecule has 0 spiro atoms. The summed E-state index contributed by atoms with van der Waals surface area (Å²) < 4.78 is 33.2. The van der Waals surface area contributed by atoms with Crippen molar-refractivity contribution in [1.82, 2.24) is 4.31 Å². The Morgan fingerprint density at radius 3 is 2.45 bits per heavy atom. The molecule has 1 fully saturated rings. The number of carbonyl (C=O) groups is 1. The zero-order valence-electron chi connectivity index (χ0n) is 17.6. The lowest BCUT2D eigenvalue weighted by Gasteiger charge is -2.34. The van der Waals surface area contributed by atoms with Crippen LogP contribution in [0.1, 0.15) is 27.2 Å². The van der Waals surface area contributed by atoms with E-state index in [1.165, 1.54) is 29.4 Å². The highest BCUT2D eigenvalue weighted by molar-refractivity contribution is 7.89. The molecule has 31 heavy (non-hydrogen) atoms. The SMILES string of the molecule is CC(=O)Nc1cccc(Oc2ccc(S(=O)(=O)N3CC(C)CC(C)C3)cc2[N+](=O)[O-])c1. The van der Waals surface area contributed by atoms with Gasteiger partial charge in [0.05, 0.1) is 9.82 Å². The number of nitrogens with zero attached hydrogens (tertiary/aromatic N) is 2. The highest BCUT2D eigenvalue weighted by Crippen LogP contribution is 2.35. The van der Waals surface area contributed by atoms with E-state index >= 15 is 0 Å². The van der Waals surface area contributed by atoms with Gasteiger partial charge in [0.15, 0.2) is 0 Å². The molecule has 2 atom stereocenters. The van der Waals surface area contributed by atoms with E-state index in [1.54, 1.807) is 18.2 Å². The van der Waals surface area contributed by atoms with Crippen molar-refractivity contribution in [3.8, 4) is 11.5 Å². The van der Waals surface area contributed by atoms with Crippen LogP contribution in [0.25, 0.3) is 0 Å². The number of nitrogens with one attached hydrogen (secondary N) is 1. The number of anilines is 1. The second kappa shape index (κ2) is 9.03. The Morgan fingerprint density at radius 2 is 1.84 bits per heavy atom. The third-order valence-corrected chi connectivity index (χ3v) is 6.81. The van der Waals surface area contributed by atoms with Crippen molar-refractivity contribution in [1.29, 1.82) is 0 Å². The van der Waals surface area contributed by atoms with Gasteiger partial charge in [-0.3, -0.25) is 14.9 Å². The van der Waals surface area contributed by atoms with Gasteiger partial charge in [-0.25, -0.2) is 8.42 Å². The first-order valence-corrected chi connectivity index (χ1v) is 11.3. The van der Waals surface area contributed by atoms with Crippen molar-refractivity contribution in [2.24, 2.45) is 11.8 Å². The molecule has 10 heteroatoms. The van der Waals surface area contributed by atoms with Crippen LogP contribution < -0.4 is 10.1 Å².